The Morgan fingerprint density at radius 3 is 2.86 bits per heavy atom. The number of nitrogens with zero attached hydrogens (tertiary/aromatic N) is 2. The summed E-state index contributed by atoms with van der Waals surface area (Å²) in [4.78, 5) is 18.0. The van der Waals surface area contributed by atoms with Crippen molar-refractivity contribution in [1.29, 1.82) is 0 Å². The van der Waals surface area contributed by atoms with E-state index in [9.17, 15) is 4.79 Å². The van der Waals surface area contributed by atoms with Crippen molar-refractivity contribution in [3.63, 3.8) is 0 Å². The van der Waals surface area contributed by atoms with Crippen LogP contribution in [0.4, 0.5) is 0 Å². The number of methoxy groups -OCH3 is 1. The van der Waals surface area contributed by atoms with Crippen LogP contribution in [0.1, 0.15) is 23.0 Å². The molecule has 1 unspecified atom stereocenters. The highest BCUT2D eigenvalue weighted by atomic mass is 16.5. The van der Waals surface area contributed by atoms with Crippen LogP contribution in [0.3, 0.4) is 0 Å². The second kappa shape index (κ2) is 8.07. The van der Waals surface area contributed by atoms with Crippen LogP contribution in [0.15, 0.2) is 18.3 Å². The molecule has 0 saturated carbocycles. The van der Waals surface area contributed by atoms with Crippen LogP contribution >= 0.6 is 0 Å². The second-order valence-electron chi connectivity index (χ2n) is 5.22. The topological polar surface area (TPSA) is 63.7 Å². The van der Waals surface area contributed by atoms with E-state index in [1.807, 2.05) is 6.07 Å². The van der Waals surface area contributed by atoms with Gasteiger partial charge < -0.3 is 14.8 Å². The highest BCUT2D eigenvalue weighted by molar-refractivity contribution is 5.88. The maximum Gasteiger partial charge on any atom is 0.339 e. The SMILES string of the molecule is COC(=O)c1ccc(CNC(C)CN2CCOCC2)nc1. The number of hydrogen-bond donors (Lipinski definition) is 1. The first kappa shape index (κ1) is 15.9. The lowest BCUT2D eigenvalue weighted by Crippen LogP contribution is -2.44. The molecule has 6 heteroatoms. The fourth-order valence-corrected chi connectivity index (χ4v) is 2.28. The largest absolute Gasteiger partial charge is 0.465 e. The first-order chi connectivity index (χ1) is 10.2. The molecule has 1 saturated heterocycles. The number of esters is 1. The molecule has 1 aromatic rings. The number of hydrogen-bond acceptors (Lipinski definition) is 6. The lowest BCUT2D eigenvalue weighted by atomic mass is 10.2. The molecule has 0 aliphatic carbocycles. The Morgan fingerprint density at radius 2 is 2.24 bits per heavy atom. The Bertz CT molecular complexity index is 444. The summed E-state index contributed by atoms with van der Waals surface area (Å²) in [7, 11) is 1.37. The first-order valence-electron chi connectivity index (χ1n) is 7.26. The smallest absolute Gasteiger partial charge is 0.339 e. The first-order valence-corrected chi connectivity index (χ1v) is 7.26. The van der Waals surface area contributed by atoms with Crippen LogP contribution in [-0.2, 0) is 16.0 Å². The minimum Gasteiger partial charge on any atom is -0.465 e. The zero-order chi connectivity index (χ0) is 15.1. The van der Waals surface area contributed by atoms with Crippen molar-refractivity contribution in [2.75, 3.05) is 40.0 Å². The number of aromatic nitrogens is 1. The average Bonchev–Trinajstić information content (AvgIpc) is 2.53. The number of morpholine rings is 1. The molecule has 1 aromatic heterocycles. The Labute approximate surface area is 125 Å². The molecule has 1 fully saturated rings. The third-order valence-corrected chi connectivity index (χ3v) is 3.51. The zero-order valence-electron chi connectivity index (χ0n) is 12.7. The van der Waals surface area contributed by atoms with E-state index in [2.05, 4.69) is 26.9 Å². The summed E-state index contributed by atoms with van der Waals surface area (Å²) < 4.78 is 9.99. The lowest BCUT2D eigenvalue weighted by molar-refractivity contribution is 0.0343. The third kappa shape index (κ3) is 5.08. The van der Waals surface area contributed by atoms with Crippen molar-refractivity contribution < 1.29 is 14.3 Å². The molecule has 1 N–H and O–H groups in total. The highest BCUT2D eigenvalue weighted by Gasteiger charge is 2.13. The van der Waals surface area contributed by atoms with Gasteiger partial charge in [-0.05, 0) is 19.1 Å². The Morgan fingerprint density at radius 1 is 1.48 bits per heavy atom. The van der Waals surface area contributed by atoms with Gasteiger partial charge in [-0.1, -0.05) is 0 Å². The number of nitrogens with one attached hydrogen (secondary N) is 1. The molecule has 21 heavy (non-hydrogen) atoms. The molecule has 116 valence electrons. The van der Waals surface area contributed by atoms with Gasteiger partial charge in [-0.15, -0.1) is 0 Å². The number of carbonyl (C=O) groups excluding carboxylic acids is 1. The van der Waals surface area contributed by atoms with Gasteiger partial charge in [-0.2, -0.15) is 0 Å². The van der Waals surface area contributed by atoms with Gasteiger partial charge in [0, 0.05) is 38.4 Å². The van der Waals surface area contributed by atoms with E-state index in [0.717, 1.165) is 38.5 Å². The number of pyridine rings is 1. The zero-order valence-corrected chi connectivity index (χ0v) is 12.7. The monoisotopic (exact) mass is 293 g/mol. The van der Waals surface area contributed by atoms with E-state index in [-0.39, 0.29) is 5.97 Å². The molecule has 2 rings (SSSR count). The summed E-state index contributed by atoms with van der Waals surface area (Å²) in [6, 6.07) is 3.97. The van der Waals surface area contributed by atoms with Gasteiger partial charge >= 0.3 is 5.97 Å². The molecule has 2 heterocycles. The van der Waals surface area contributed by atoms with Crippen molar-refractivity contribution in [1.82, 2.24) is 15.2 Å². The molecule has 1 atom stereocenters. The maximum absolute atomic E-state index is 11.3. The minimum atomic E-state index is -0.359. The standard InChI is InChI=1S/C15H23N3O3/c1-12(11-18-5-7-21-8-6-18)16-10-14-4-3-13(9-17-14)15(19)20-2/h3-4,9,12,16H,5-8,10-11H2,1-2H3. The van der Waals surface area contributed by atoms with Gasteiger partial charge in [0.1, 0.15) is 0 Å². The number of carbonyl (C=O) groups is 1. The number of rotatable bonds is 6. The molecular formula is C15H23N3O3. The molecular weight excluding hydrogens is 270 g/mol. The van der Waals surface area contributed by atoms with E-state index in [4.69, 9.17) is 4.74 Å². The number of ether oxygens (including phenoxy) is 2. The third-order valence-electron chi connectivity index (χ3n) is 3.51. The normalized spacial score (nSPS) is 17.4. The summed E-state index contributed by atoms with van der Waals surface area (Å²) >= 11 is 0. The molecule has 0 bridgehead atoms. The highest BCUT2D eigenvalue weighted by Crippen LogP contribution is 2.03. The van der Waals surface area contributed by atoms with Crippen molar-refractivity contribution in [3.05, 3.63) is 29.6 Å². The molecule has 0 radical (unpaired) electrons. The average molecular weight is 293 g/mol. The fourth-order valence-electron chi connectivity index (χ4n) is 2.28. The second-order valence-corrected chi connectivity index (χ2v) is 5.22. The lowest BCUT2D eigenvalue weighted by Gasteiger charge is -2.29. The molecule has 0 aromatic carbocycles. The van der Waals surface area contributed by atoms with Crippen LogP contribution in [-0.4, -0.2) is 61.9 Å². The van der Waals surface area contributed by atoms with E-state index in [0.29, 0.717) is 18.2 Å². The Kier molecular flexibility index (Phi) is 6.10. The molecule has 0 spiro atoms. The summed E-state index contributed by atoms with van der Waals surface area (Å²) in [6.45, 7) is 7.50. The van der Waals surface area contributed by atoms with Crippen LogP contribution in [0, 0.1) is 0 Å². The van der Waals surface area contributed by atoms with Crippen LogP contribution < -0.4 is 5.32 Å². The summed E-state index contributed by atoms with van der Waals surface area (Å²) in [5.41, 5.74) is 1.39. The molecule has 1 aliphatic heterocycles. The van der Waals surface area contributed by atoms with Gasteiger partial charge in [-0.25, -0.2) is 4.79 Å². The van der Waals surface area contributed by atoms with Gasteiger partial charge in [0.15, 0.2) is 0 Å². The van der Waals surface area contributed by atoms with Crippen LogP contribution in [0.5, 0.6) is 0 Å². The van der Waals surface area contributed by atoms with Crippen molar-refractivity contribution in [2.45, 2.75) is 19.5 Å². The van der Waals surface area contributed by atoms with Gasteiger partial charge in [0.25, 0.3) is 0 Å². The summed E-state index contributed by atoms with van der Waals surface area (Å²) in [6.07, 6.45) is 1.55. The fraction of sp³-hybridized carbons (Fsp3) is 0.600. The van der Waals surface area contributed by atoms with Crippen molar-refractivity contribution in [2.24, 2.45) is 0 Å². The van der Waals surface area contributed by atoms with Crippen molar-refractivity contribution in [3.8, 4) is 0 Å². The summed E-state index contributed by atoms with van der Waals surface area (Å²) in [5.74, 6) is -0.359. The Balaban J connectivity index is 1.75. The molecule has 0 amide bonds. The minimum absolute atomic E-state index is 0.359. The van der Waals surface area contributed by atoms with E-state index < -0.39 is 0 Å². The molecule has 6 nitrogen and oxygen atoms in total. The predicted octanol–water partition coefficient (Wildman–Crippen LogP) is 0.678. The predicted molar refractivity (Wildman–Crippen MR) is 79.1 cm³/mol. The van der Waals surface area contributed by atoms with Gasteiger partial charge in [0.2, 0.25) is 0 Å². The Hall–Kier alpha value is -1.50. The summed E-state index contributed by atoms with van der Waals surface area (Å²) in [5, 5.41) is 3.45. The van der Waals surface area contributed by atoms with Gasteiger partial charge in [-0.3, -0.25) is 9.88 Å². The van der Waals surface area contributed by atoms with Crippen LogP contribution in [0.2, 0.25) is 0 Å². The van der Waals surface area contributed by atoms with Gasteiger partial charge in [0.05, 0.1) is 31.6 Å². The maximum atomic E-state index is 11.3. The van der Waals surface area contributed by atoms with Crippen molar-refractivity contribution >= 4 is 5.97 Å². The van der Waals surface area contributed by atoms with E-state index in [1.54, 1.807) is 12.3 Å². The van der Waals surface area contributed by atoms with E-state index >= 15 is 0 Å². The van der Waals surface area contributed by atoms with E-state index in [1.165, 1.54) is 7.11 Å². The molecule has 1 aliphatic rings. The van der Waals surface area contributed by atoms with Crippen LogP contribution in [0.25, 0.3) is 0 Å². The quantitative estimate of drug-likeness (QED) is 0.778.